The average Bonchev–Trinajstić information content (AvgIpc) is 2.80. The number of halogens is 1. The fourth-order valence-corrected chi connectivity index (χ4v) is 4.25. The number of guanidine groups is 1. The molecule has 1 unspecified atom stereocenters. The van der Waals surface area contributed by atoms with Crippen LogP contribution in [0.3, 0.4) is 0 Å². The number of nitrogens with zero attached hydrogens (tertiary/aromatic N) is 3. The molecule has 7 nitrogen and oxygen atoms in total. The van der Waals surface area contributed by atoms with E-state index in [0.29, 0.717) is 12.0 Å². The monoisotopic (exact) mass is 559 g/mol. The predicted molar refractivity (Wildman–Crippen MR) is 142 cm³/mol. The van der Waals surface area contributed by atoms with Gasteiger partial charge in [-0.25, -0.2) is 0 Å². The maximum Gasteiger partial charge on any atom is 0.191 e. The van der Waals surface area contributed by atoms with Crippen molar-refractivity contribution in [3.8, 4) is 0 Å². The largest absolute Gasteiger partial charge is 0.379 e. The van der Waals surface area contributed by atoms with E-state index in [4.69, 9.17) is 9.47 Å². The molecule has 182 valence electrons. The van der Waals surface area contributed by atoms with Gasteiger partial charge in [0.15, 0.2) is 5.96 Å². The Labute approximate surface area is 211 Å². The number of hydrogen-bond donors (Lipinski definition) is 2. The van der Waals surface area contributed by atoms with Crippen LogP contribution in [0.4, 0.5) is 0 Å². The van der Waals surface area contributed by atoms with Gasteiger partial charge < -0.3 is 20.1 Å². The zero-order valence-electron chi connectivity index (χ0n) is 20.0. The molecule has 3 rings (SSSR count). The molecule has 0 aromatic heterocycles. The van der Waals surface area contributed by atoms with Gasteiger partial charge in [0.25, 0.3) is 0 Å². The van der Waals surface area contributed by atoms with Crippen molar-refractivity contribution in [3.05, 3.63) is 35.4 Å². The molecule has 1 atom stereocenters. The molecule has 1 aromatic carbocycles. The van der Waals surface area contributed by atoms with Gasteiger partial charge in [-0.05, 0) is 23.5 Å². The lowest BCUT2D eigenvalue weighted by Crippen LogP contribution is -2.50. The van der Waals surface area contributed by atoms with E-state index < -0.39 is 0 Å². The lowest BCUT2D eigenvalue weighted by Gasteiger charge is -2.35. The van der Waals surface area contributed by atoms with Crippen molar-refractivity contribution >= 4 is 29.9 Å². The minimum Gasteiger partial charge on any atom is -0.379 e. The predicted octanol–water partition coefficient (Wildman–Crippen LogP) is 2.55. The molecule has 2 saturated heterocycles. The molecule has 1 aromatic rings. The highest BCUT2D eigenvalue weighted by Gasteiger charge is 2.22. The van der Waals surface area contributed by atoms with Gasteiger partial charge in [0.05, 0.1) is 26.4 Å². The van der Waals surface area contributed by atoms with Crippen molar-refractivity contribution in [1.82, 2.24) is 20.4 Å². The van der Waals surface area contributed by atoms with Gasteiger partial charge in [-0.15, -0.1) is 24.0 Å². The first-order valence-corrected chi connectivity index (χ1v) is 11.8. The van der Waals surface area contributed by atoms with Crippen molar-refractivity contribution < 1.29 is 9.47 Å². The Bertz CT molecular complexity index is 659. The molecule has 32 heavy (non-hydrogen) atoms. The molecule has 0 saturated carbocycles. The van der Waals surface area contributed by atoms with Crippen molar-refractivity contribution in [2.24, 2.45) is 10.9 Å². The van der Waals surface area contributed by atoms with Gasteiger partial charge >= 0.3 is 0 Å². The van der Waals surface area contributed by atoms with Crippen molar-refractivity contribution in [3.63, 3.8) is 0 Å². The Hall–Kier alpha value is -0.940. The molecular formula is C24H42IN5O2. The third-order valence-electron chi connectivity index (χ3n) is 6.03. The lowest BCUT2D eigenvalue weighted by molar-refractivity contribution is 0.0132. The standard InChI is InChI=1S/C24H41N5O2.HI/c1-20(2)16-23(29-10-14-31-15-11-29)18-27-24(25-3)26-17-21-4-6-22(7-5-21)19-28-8-12-30-13-9-28;/h4-7,20,23H,8-19H2,1-3H3,(H2,25,26,27);1H. The van der Waals surface area contributed by atoms with Crippen LogP contribution in [-0.2, 0) is 22.6 Å². The van der Waals surface area contributed by atoms with Gasteiger partial charge in [-0.3, -0.25) is 14.8 Å². The summed E-state index contributed by atoms with van der Waals surface area (Å²) in [5, 5.41) is 7.01. The van der Waals surface area contributed by atoms with Crippen LogP contribution in [0.25, 0.3) is 0 Å². The second-order valence-electron chi connectivity index (χ2n) is 8.94. The third kappa shape index (κ3) is 9.51. The van der Waals surface area contributed by atoms with Crippen LogP contribution in [0.15, 0.2) is 29.3 Å². The number of hydrogen-bond acceptors (Lipinski definition) is 5. The zero-order chi connectivity index (χ0) is 21.9. The summed E-state index contributed by atoms with van der Waals surface area (Å²) in [6.07, 6.45) is 1.18. The molecule has 2 heterocycles. The van der Waals surface area contributed by atoms with Crippen LogP contribution in [0.1, 0.15) is 31.4 Å². The Morgan fingerprint density at radius 2 is 1.53 bits per heavy atom. The molecule has 0 bridgehead atoms. The molecule has 2 fully saturated rings. The number of rotatable bonds is 9. The molecular weight excluding hydrogens is 517 g/mol. The molecule has 2 N–H and O–H groups in total. The molecule has 0 radical (unpaired) electrons. The maximum atomic E-state index is 5.53. The number of morpholine rings is 2. The summed E-state index contributed by atoms with van der Waals surface area (Å²) in [6.45, 7) is 14.7. The van der Waals surface area contributed by atoms with E-state index in [1.807, 2.05) is 7.05 Å². The Balaban J connectivity index is 0.00000363. The first kappa shape index (κ1) is 27.3. The van der Waals surface area contributed by atoms with E-state index in [2.05, 4.69) is 63.5 Å². The highest BCUT2D eigenvalue weighted by atomic mass is 127. The third-order valence-corrected chi connectivity index (χ3v) is 6.03. The Morgan fingerprint density at radius 3 is 2.12 bits per heavy atom. The van der Waals surface area contributed by atoms with Crippen LogP contribution in [0, 0.1) is 5.92 Å². The SMILES string of the molecule is CN=C(NCc1ccc(CN2CCOCC2)cc1)NCC(CC(C)C)N1CCOCC1.I. The van der Waals surface area contributed by atoms with Gasteiger partial charge in [0.1, 0.15) is 0 Å². The zero-order valence-corrected chi connectivity index (χ0v) is 22.3. The van der Waals surface area contributed by atoms with E-state index in [0.717, 1.165) is 78.2 Å². The summed E-state index contributed by atoms with van der Waals surface area (Å²) in [4.78, 5) is 9.43. The second-order valence-corrected chi connectivity index (χ2v) is 8.94. The number of nitrogens with one attached hydrogen (secondary N) is 2. The molecule has 0 amide bonds. The molecule has 2 aliphatic heterocycles. The number of aliphatic imine (C=N–C) groups is 1. The van der Waals surface area contributed by atoms with Crippen LogP contribution >= 0.6 is 24.0 Å². The Morgan fingerprint density at radius 1 is 0.938 bits per heavy atom. The van der Waals surface area contributed by atoms with Crippen LogP contribution in [0.5, 0.6) is 0 Å². The van der Waals surface area contributed by atoms with E-state index in [1.165, 1.54) is 17.5 Å². The summed E-state index contributed by atoms with van der Waals surface area (Å²) in [7, 11) is 1.84. The van der Waals surface area contributed by atoms with E-state index in [-0.39, 0.29) is 24.0 Å². The highest BCUT2D eigenvalue weighted by molar-refractivity contribution is 14.0. The number of benzene rings is 1. The average molecular weight is 560 g/mol. The van der Waals surface area contributed by atoms with Crippen LogP contribution in [-0.4, -0.2) is 88.0 Å². The summed E-state index contributed by atoms with van der Waals surface area (Å²) in [6, 6.07) is 9.40. The van der Waals surface area contributed by atoms with Gasteiger partial charge in [-0.2, -0.15) is 0 Å². The molecule has 0 spiro atoms. The van der Waals surface area contributed by atoms with E-state index >= 15 is 0 Å². The summed E-state index contributed by atoms with van der Waals surface area (Å²) in [5.41, 5.74) is 2.62. The fourth-order valence-electron chi connectivity index (χ4n) is 4.25. The van der Waals surface area contributed by atoms with Gasteiger partial charge in [0.2, 0.25) is 0 Å². The van der Waals surface area contributed by atoms with E-state index in [9.17, 15) is 0 Å². The Kier molecular flexibility index (Phi) is 12.8. The van der Waals surface area contributed by atoms with Crippen LogP contribution in [0.2, 0.25) is 0 Å². The number of ether oxygens (including phenoxy) is 2. The normalized spacial score (nSPS) is 19.4. The van der Waals surface area contributed by atoms with Crippen molar-refractivity contribution in [2.45, 2.75) is 39.4 Å². The smallest absolute Gasteiger partial charge is 0.191 e. The van der Waals surface area contributed by atoms with Crippen molar-refractivity contribution in [2.75, 3.05) is 66.2 Å². The first-order valence-electron chi connectivity index (χ1n) is 11.8. The van der Waals surface area contributed by atoms with Crippen LogP contribution < -0.4 is 10.6 Å². The van der Waals surface area contributed by atoms with Crippen molar-refractivity contribution in [1.29, 1.82) is 0 Å². The summed E-state index contributed by atoms with van der Waals surface area (Å²) < 4.78 is 11.0. The first-order chi connectivity index (χ1) is 15.1. The minimum atomic E-state index is 0. The maximum absolute atomic E-state index is 5.53. The topological polar surface area (TPSA) is 61.4 Å². The van der Waals surface area contributed by atoms with Gasteiger partial charge in [-0.1, -0.05) is 38.1 Å². The minimum absolute atomic E-state index is 0. The quantitative estimate of drug-likeness (QED) is 0.276. The molecule has 8 heteroatoms. The summed E-state index contributed by atoms with van der Waals surface area (Å²) in [5.74, 6) is 1.53. The summed E-state index contributed by atoms with van der Waals surface area (Å²) >= 11 is 0. The molecule has 0 aliphatic carbocycles. The van der Waals surface area contributed by atoms with Gasteiger partial charge in [0, 0.05) is 58.9 Å². The highest BCUT2D eigenvalue weighted by Crippen LogP contribution is 2.13. The second kappa shape index (κ2) is 15.1. The fraction of sp³-hybridized carbons (Fsp3) is 0.708. The molecule has 2 aliphatic rings. The lowest BCUT2D eigenvalue weighted by atomic mass is 10.0. The van der Waals surface area contributed by atoms with E-state index in [1.54, 1.807) is 0 Å².